The largest absolute Gasteiger partial charge is 0.483 e. The molecule has 0 radical (unpaired) electrons. The molecule has 4 heteroatoms. The molecule has 2 rings (SSSR count). The van der Waals surface area contributed by atoms with E-state index < -0.39 is 0 Å². The Balaban J connectivity index is 1.92. The van der Waals surface area contributed by atoms with Gasteiger partial charge in [-0.15, -0.1) is 0 Å². The van der Waals surface area contributed by atoms with E-state index in [4.69, 9.17) is 10.5 Å². The van der Waals surface area contributed by atoms with E-state index in [1.165, 1.54) is 0 Å². The van der Waals surface area contributed by atoms with Gasteiger partial charge in [-0.2, -0.15) is 0 Å². The highest BCUT2D eigenvalue weighted by molar-refractivity contribution is 5.78. The van der Waals surface area contributed by atoms with Crippen molar-refractivity contribution in [3.63, 3.8) is 0 Å². The minimum atomic E-state index is 0.0512. The zero-order chi connectivity index (χ0) is 14.5. The maximum Gasteiger partial charge on any atom is 0.260 e. The quantitative estimate of drug-likeness (QED) is 0.914. The number of para-hydroxylation sites is 1. The van der Waals surface area contributed by atoms with Gasteiger partial charge in [-0.25, -0.2) is 0 Å². The number of nitrogens with two attached hydrogens (primary N) is 1. The highest BCUT2D eigenvalue weighted by atomic mass is 16.5. The molecule has 4 nitrogen and oxygen atoms in total. The highest BCUT2D eigenvalue weighted by Gasteiger charge is 2.27. The predicted molar refractivity (Wildman–Crippen MR) is 79.7 cm³/mol. The van der Waals surface area contributed by atoms with Crippen LogP contribution in [0.3, 0.4) is 0 Å². The molecule has 2 atom stereocenters. The monoisotopic (exact) mass is 276 g/mol. The summed E-state index contributed by atoms with van der Waals surface area (Å²) in [6, 6.07) is 8.29. The summed E-state index contributed by atoms with van der Waals surface area (Å²) < 4.78 is 5.70. The first kappa shape index (κ1) is 14.9. The van der Waals surface area contributed by atoms with Gasteiger partial charge in [0.05, 0.1) is 0 Å². The Labute approximate surface area is 120 Å². The lowest BCUT2D eigenvalue weighted by molar-refractivity contribution is -0.136. The van der Waals surface area contributed by atoms with Crippen LogP contribution in [0.15, 0.2) is 24.3 Å². The molecule has 0 aliphatic carbocycles. The van der Waals surface area contributed by atoms with E-state index in [0.29, 0.717) is 0 Å². The maximum absolute atomic E-state index is 12.2. The van der Waals surface area contributed by atoms with Gasteiger partial charge in [0.1, 0.15) is 5.75 Å². The average Bonchev–Trinajstić information content (AvgIpc) is 2.45. The Morgan fingerprint density at radius 3 is 2.90 bits per heavy atom. The molecule has 1 aliphatic heterocycles. The number of hydrogen-bond acceptors (Lipinski definition) is 3. The molecule has 1 fully saturated rings. The first-order valence-corrected chi connectivity index (χ1v) is 7.37. The van der Waals surface area contributed by atoms with Crippen LogP contribution < -0.4 is 10.5 Å². The molecule has 1 saturated heterocycles. The summed E-state index contributed by atoms with van der Waals surface area (Å²) in [5, 5.41) is 0. The second-order valence-corrected chi connectivity index (χ2v) is 5.47. The molecule has 1 aromatic rings. The Morgan fingerprint density at radius 1 is 1.45 bits per heavy atom. The number of nitrogens with zero attached hydrogens (tertiary/aromatic N) is 1. The molecule has 0 bridgehead atoms. The van der Waals surface area contributed by atoms with Crippen LogP contribution in [0, 0.1) is 0 Å². The van der Waals surface area contributed by atoms with Gasteiger partial charge in [0.15, 0.2) is 6.61 Å². The molecule has 1 aliphatic rings. The zero-order valence-corrected chi connectivity index (χ0v) is 12.3. The fraction of sp³-hybridized carbons (Fsp3) is 0.562. The Kier molecular flexibility index (Phi) is 5.01. The normalized spacial score (nSPS) is 22.6. The third kappa shape index (κ3) is 3.51. The van der Waals surface area contributed by atoms with Crippen molar-refractivity contribution in [2.45, 2.75) is 45.2 Å². The van der Waals surface area contributed by atoms with Crippen LogP contribution >= 0.6 is 0 Å². The lowest BCUT2D eigenvalue weighted by atomic mass is 9.99. The van der Waals surface area contributed by atoms with E-state index in [1.807, 2.05) is 29.2 Å². The number of piperidine rings is 1. The number of likely N-dealkylation sites (tertiary alicyclic amines) is 1. The number of carbonyl (C=O) groups excluding carboxylic acids is 1. The number of aryl methyl sites for hydroxylation is 1. The Hall–Kier alpha value is -1.55. The van der Waals surface area contributed by atoms with Crippen LogP contribution in [0.5, 0.6) is 5.75 Å². The second kappa shape index (κ2) is 6.75. The van der Waals surface area contributed by atoms with Crippen molar-refractivity contribution in [1.29, 1.82) is 0 Å². The van der Waals surface area contributed by atoms with E-state index in [2.05, 4.69) is 13.8 Å². The number of rotatable bonds is 4. The summed E-state index contributed by atoms with van der Waals surface area (Å²) in [6.07, 6.45) is 2.65. The first-order valence-electron chi connectivity index (χ1n) is 7.37. The number of ether oxygens (including phenoxy) is 1. The van der Waals surface area contributed by atoms with E-state index >= 15 is 0 Å². The van der Waals surface area contributed by atoms with Gasteiger partial charge in [0, 0.05) is 18.6 Å². The van der Waals surface area contributed by atoms with Gasteiger partial charge < -0.3 is 15.4 Å². The molecule has 0 unspecified atom stereocenters. The van der Waals surface area contributed by atoms with Gasteiger partial charge >= 0.3 is 0 Å². The van der Waals surface area contributed by atoms with Gasteiger partial charge in [-0.1, -0.05) is 25.1 Å². The lowest BCUT2D eigenvalue weighted by Gasteiger charge is -2.36. The van der Waals surface area contributed by atoms with Crippen LogP contribution in [0.1, 0.15) is 32.3 Å². The third-order valence-corrected chi connectivity index (χ3v) is 3.94. The average molecular weight is 276 g/mol. The maximum atomic E-state index is 12.2. The summed E-state index contributed by atoms with van der Waals surface area (Å²) in [5.74, 6) is 0.861. The fourth-order valence-electron chi connectivity index (χ4n) is 2.74. The van der Waals surface area contributed by atoms with Gasteiger partial charge in [-0.3, -0.25) is 4.79 Å². The van der Waals surface area contributed by atoms with E-state index in [1.54, 1.807) is 0 Å². The van der Waals surface area contributed by atoms with Gasteiger partial charge in [-0.05, 0) is 37.8 Å². The molecule has 20 heavy (non-hydrogen) atoms. The summed E-state index contributed by atoms with van der Waals surface area (Å²) in [6.45, 7) is 4.98. The molecule has 0 spiro atoms. The van der Waals surface area contributed by atoms with Crippen molar-refractivity contribution >= 4 is 5.91 Å². The zero-order valence-electron chi connectivity index (χ0n) is 12.3. The van der Waals surface area contributed by atoms with E-state index in [0.717, 1.165) is 37.1 Å². The topological polar surface area (TPSA) is 55.6 Å². The van der Waals surface area contributed by atoms with Crippen molar-refractivity contribution < 1.29 is 9.53 Å². The molecule has 0 saturated carbocycles. The van der Waals surface area contributed by atoms with Crippen molar-refractivity contribution in [2.24, 2.45) is 5.73 Å². The molecule has 110 valence electrons. The van der Waals surface area contributed by atoms with Gasteiger partial charge in [0.2, 0.25) is 0 Å². The van der Waals surface area contributed by atoms with Crippen LogP contribution in [0.4, 0.5) is 0 Å². The Bertz CT molecular complexity index is 462. The molecule has 2 N–H and O–H groups in total. The molecule has 1 aromatic carbocycles. The summed E-state index contributed by atoms with van der Waals surface area (Å²) in [7, 11) is 0. The van der Waals surface area contributed by atoms with Gasteiger partial charge in [0.25, 0.3) is 5.91 Å². The van der Waals surface area contributed by atoms with Crippen molar-refractivity contribution in [3.8, 4) is 5.75 Å². The number of hydrogen-bond donors (Lipinski definition) is 1. The van der Waals surface area contributed by atoms with Crippen molar-refractivity contribution in [1.82, 2.24) is 4.90 Å². The third-order valence-electron chi connectivity index (χ3n) is 3.94. The molecule has 1 amide bonds. The molecular weight excluding hydrogens is 252 g/mol. The van der Waals surface area contributed by atoms with E-state index in [9.17, 15) is 4.79 Å². The van der Waals surface area contributed by atoms with Crippen LogP contribution in [0.2, 0.25) is 0 Å². The summed E-state index contributed by atoms with van der Waals surface area (Å²) in [4.78, 5) is 14.1. The van der Waals surface area contributed by atoms with Crippen molar-refractivity contribution in [2.75, 3.05) is 13.2 Å². The highest BCUT2D eigenvalue weighted by Crippen LogP contribution is 2.20. The second-order valence-electron chi connectivity index (χ2n) is 5.47. The van der Waals surface area contributed by atoms with Crippen LogP contribution in [0.25, 0.3) is 0 Å². The number of benzene rings is 1. The lowest BCUT2D eigenvalue weighted by Crippen LogP contribution is -2.49. The van der Waals surface area contributed by atoms with E-state index in [-0.39, 0.29) is 24.6 Å². The predicted octanol–water partition coefficient (Wildman–Crippen LogP) is 1.97. The number of amides is 1. The Morgan fingerprint density at radius 2 is 2.20 bits per heavy atom. The number of carbonyl (C=O) groups is 1. The molecule has 0 aromatic heterocycles. The molecule has 1 heterocycles. The fourth-order valence-corrected chi connectivity index (χ4v) is 2.74. The first-order chi connectivity index (χ1) is 9.61. The minimum Gasteiger partial charge on any atom is -0.483 e. The summed E-state index contributed by atoms with van der Waals surface area (Å²) >= 11 is 0. The van der Waals surface area contributed by atoms with Crippen LogP contribution in [-0.4, -0.2) is 36.0 Å². The molecular formula is C16H24N2O2. The van der Waals surface area contributed by atoms with Crippen molar-refractivity contribution in [3.05, 3.63) is 29.8 Å². The minimum absolute atomic E-state index is 0.0512. The SMILES string of the molecule is CCc1ccccc1OCC(=O)N1CC[C@H](N)C[C@H]1C. The standard InChI is InChI=1S/C16H24N2O2/c1-3-13-6-4-5-7-15(13)20-11-16(19)18-9-8-14(17)10-12(18)2/h4-7,12,14H,3,8-11,17H2,1-2H3/t12-,14+/m1/s1. The van der Waals surface area contributed by atoms with Crippen LogP contribution in [-0.2, 0) is 11.2 Å². The smallest absolute Gasteiger partial charge is 0.260 e. The summed E-state index contributed by atoms with van der Waals surface area (Å²) in [5.41, 5.74) is 7.05.